The molecule has 10 heteroatoms. The molecule has 41 heavy (non-hydrogen) atoms. The summed E-state index contributed by atoms with van der Waals surface area (Å²) in [5.74, 6) is 1.79. The van der Waals surface area contributed by atoms with Crippen LogP contribution >= 0.6 is 0 Å². The first kappa shape index (κ1) is 29.0. The maximum Gasteiger partial charge on any atom is 0.270 e. The molecule has 4 heterocycles. The fourth-order valence-corrected chi connectivity index (χ4v) is 6.01. The van der Waals surface area contributed by atoms with E-state index >= 15 is 0 Å². The molecule has 220 valence electrons. The van der Waals surface area contributed by atoms with Gasteiger partial charge in [-0.25, -0.2) is 9.97 Å². The fraction of sp³-hybridized carbons (Fsp3) is 0.548. The van der Waals surface area contributed by atoms with Gasteiger partial charge in [-0.3, -0.25) is 9.59 Å². The van der Waals surface area contributed by atoms with E-state index in [9.17, 15) is 9.59 Å². The predicted octanol–water partition coefficient (Wildman–Crippen LogP) is 3.31. The highest BCUT2D eigenvalue weighted by molar-refractivity contribution is 5.92. The summed E-state index contributed by atoms with van der Waals surface area (Å²) in [4.78, 5) is 39.8. The molecule has 2 fully saturated rings. The van der Waals surface area contributed by atoms with E-state index in [2.05, 4.69) is 25.8 Å². The van der Waals surface area contributed by atoms with Gasteiger partial charge in [0.25, 0.3) is 5.91 Å². The van der Waals surface area contributed by atoms with Crippen LogP contribution in [0.3, 0.4) is 0 Å². The van der Waals surface area contributed by atoms with Crippen LogP contribution in [0.4, 0.5) is 5.82 Å². The summed E-state index contributed by atoms with van der Waals surface area (Å²) in [6.07, 6.45) is 6.52. The third-order valence-corrected chi connectivity index (χ3v) is 8.16. The number of hydrogen-bond donors (Lipinski definition) is 2. The van der Waals surface area contributed by atoms with E-state index in [1.54, 1.807) is 13.2 Å². The SMILES string of the molecule is COCCCn1c([C@@H]2CCCN(C(=O)C[C@@H](N)CNC(=O)c3cccc(N4CCCCC4)n3)C2)nc2ccccc21. The number of carbonyl (C=O) groups is 2. The number of aromatic nitrogens is 3. The van der Waals surface area contributed by atoms with Crippen molar-refractivity contribution in [3.63, 3.8) is 0 Å². The lowest BCUT2D eigenvalue weighted by Crippen LogP contribution is -2.45. The molecule has 10 nitrogen and oxygen atoms in total. The van der Waals surface area contributed by atoms with Crippen LogP contribution < -0.4 is 16.0 Å². The van der Waals surface area contributed by atoms with Gasteiger partial charge in [-0.2, -0.15) is 0 Å². The number of aryl methyl sites for hydroxylation is 1. The summed E-state index contributed by atoms with van der Waals surface area (Å²) < 4.78 is 7.58. The first-order chi connectivity index (χ1) is 20.0. The molecule has 0 unspecified atom stereocenters. The van der Waals surface area contributed by atoms with Gasteiger partial charge in [0.1, 0.15) is 17.3 Å². The number of carbonyl (C=O) groups excluding carboxylic acids is 2. The monoisotopic (exact) mass is 561 g/mol. The molecule has 1 aromatic carbocycles. The highest BCUT2D eigenvalue weighted by Gasteiger charge is 2.29. The zero-order valence-electron chi connectivity index (χ0n) is 24.1. The van der Waals surface area contributed by atoms with Crippen LogP contribution in [0.15, 0.2) is 42.5 Å². The first-order valence-electron chi connectivity index (χ1n) is 15.0. The van der Waals surface area contributed by atoms with Crippen molar-refractivity contribution in [2.75, 3.05) is 51.3 Å². The molecule has 0 saturated carbocycles. The summed E-state index contributed by atoms with van der Waals surface area (Å²) in [5.41, 5.74) is 8.80. The highest BCUT2D eigenvalue weighted by atomic mass is 16.5. The molecule has 0 spiro atoms. The van der Waals surface area contributed by atoms with E-state index < -0.39 is 6.04 Å². The lowest BCUT2D eigenvalue weighted by atomic mass is 9.96. The van der Waals surface area contributed by atoms with Crippen LogP contribution in [-0.4, -0.2) is 83.7 Å². The average molecular weight is 562 g/mol. The number of ether oxygens (including phenoxy) is 1. The zero-order valence-corrected chi connectivity index (χ0v) is 24.1. The van der Waals surface area contributed by atoms with Crippen molar-refractivity contribution in [3.05, 3.63) is 54.0 Å². The normalized spacial score (nSPS) is 18.4. The quantitative estimate of drug-likeness (QED) is 0.345. The highest BCUT2D eigenvalue weighted by Crippen LogP contribution is 2.30. The Morgan fingerprint density at radius 1 is 1.05 bits per heavy atom. The Bertz CT molecular complexity index is 1320. The number of nitrogens with zero attached hydrogens (tertiary/aromatic N) is 5. The number of methoxy groups -OCH3 is 1. The van der Waals surface area contributed by atoms with Crippen molar-refractivity contribution in [3.8, 4) is 0 Å². The van der Waals surface area contributed by atoms with Crippen molar-refractivity contribution in [2.24, 2.45) is 5.73 Å². The summed E-state index contributed by atoms with van der Waals surface area (Å²) in [5, 5.41) is 2.88. The van der Waals surface area contributed by atoms with Crippen LogP contribution in [0.2, 0.25) is 0 Å². The van der Waals surface area contributed by atoms with Crippen molar-refractivity contribution in [1.29, 1.82) is 0 Å². The number of hydrogen-bond acceptors (Lipinski definition) is 7. The van der Waals surface area contributed by atoms with Gasteiger partial charge in [0.05, 0.1) is 11.0 Å². The molecule has 0 bridgehead atoms. The molecule has 2 atom stereocenters. The second-order valence-electron chi connectivity index (χ2n) is 11.2. The number of pyridine rings is 1. The van der Waals surface area contributed by atoms with E-state index in [-0.39, 0.29) is 30.7 Å². The lowest BCUT2D eigenvalue weighted by molar-refractivity contribution is -0.132. The summed E-state index contributed by atoms with van der Waals surface area (Å²) in [7, 11) is 1.72. The number of likely N-dealkylation sites (tertiary alicyclic amines) is 1. The fourth-order valence-electron chi connectivity index (χ4n) is 6.01. The van der Waals surface area contributed by atoms with Crippen LogP contribution in [0.25, 0.3) is 11.0 Å². The standard InChI is InChI=1S/C31H43N7O3/c1-41-19-9-18-38-27-13-4-3-11-25(27)35-30(38)23-10-8-17-37(22-23)29(39)20-24(32)21-33-31(40)26-12-7-14-28(34-26)36-15-5-2-6-16-36/h3-4,7,11-14,23-24H,2,5-6,8-10,15-22,32H2,1H3,(H,33,40)/t23-,24-/m1/s1. The van der Waals surface area contributed by atoms with Crippen LogP contribution in [0.5, 0.6) is 0 Å². The maximum absolute atomic E-state index is 13.3. The summed E-state index contributed by atoms with van der Waals surface area (Å²) in [6, 6.07) is 13.3. The van der Waals surface area contributed by atoms with Gasteiger partial charge >= 0.3 is 0 Å². The summed E-state index contributed by atoms with van der Waals surface area (Å²) in [6.45, 7) is 5.00. The predicted molar refractivity (Wildman–Crippen MR) is 160 cm³/mol. The van der Waals surface area contributed by atoms with Crippen molar-refractivity contribution in [2.45, 2.75) is 63.5 Å². The Labute approximate surface area is 242 Å². The van der Waals surface area contributed by atoms with Gasteiger partial charge in [0.15, 0.2) is 0 Å². The van der Waals surface area contributed by atoms with E-state index in [0.29, 0.717) is 25.4 Å². The van der Waals surface area contributed by atoms with E-state index in [1.807, 2.05) is 35.2 Å². The minimum atomic E-state index is -0.476. The molecule has 2 amide bonds. The number of rotatable bonds is 11. The van der Waals surface area contributed by atoms with Gasteiger partial charge in [-0.05, 0) is 62.8 Å². The molecule has 3 N–H and O–H groups in total. The number of para-hydroxylation sites is 2. The number of benzene rings is 1. The zero-order chi connectivity index (χ0) is 28.6. The third-order valence-electron chi connectivity index (χ3n) is 8.16. The largest absolute Gasteiger partial charge is 0.385 e. The van der Waals surface area contributed by atoms with E-state index in [4.69, 9.17) is 15.5 Å². The topological polar surface area (TPSA) is 119 Å². The lowest BCUT2D eigenvalue weighted by Gasteiger charge is -2.33. The average Bonchev–Trinajstić information content (AvgIpc) is 3.39. The molecule has 0 radical (unpaired) electrons. The Hall–Kier alpha value is -3.50. The number of piperidine rings is 2. The Kier molecular flexibility index (Phi) is 9.84. The van der Waals surface area contributed by atoms with Crippen LogP contribution in [0.1, 0.15) is 67.2 Å². The van der Waals surface area contributed by atoms with Crippen molar-refractivity contribution in [1.82, 2.24) is 24.8 Å². The molecular weight excluding hydrogens is 518 g/mol. The molecule has 3 aromatic rings. The number of amides is 2. The number of nitrogens with two attached hydrogens (primary N) is 1. The second-order valence-corrected chi connectivity index (χ2v) is 11.2. The maximum atomic E-state index is 13.3. The molecule has 2 aliphatic heterocycles. The number of imidazole rings is 1. The van der Waals surface area contributed by atoms with E-state index in [0.717, 1.165) is 74.4 Å². The molecule has 0 aliphatic carbocycles. The second kappa shape index (κ2) is 13.9. The molecule has 2 saturated heterocycles. The minimum absolute atomic E-state index is 0.0173. The first-order valence-corrected chi connectivity index (χ1v) is 15.0. The molecule has 2 aromatic heterocycles. The molecule has 2 aliphatic rings. The van der Waals surface area contributed by atoms with Gasteiger partial charge in [-0.15, -0.1) is 0 Å². The Balaban J connectivity index is 1.16. The number of anilines is 1. The van der Waals surface area contributed by atoms with Gasteiger partial charge in [0, 0.05) is 71.4 Å². The van der Waals surface area contributed by atoms with E-state index in [1.165, 1.54) is 6.42 Å². The molecular formula is C31H43N7O3. The smallest absolute Gasteiger partial charge is 0.270 e. The minimum Gasteiger partial charge on any atom is -0.385 e. The van der Waals surface area contributed by atoms with Crippen LogP contribution in [-0.2, 0) is 16.1 Å². The van der Waals surface area contributed by atoms with Gasteiger partial charge < -0.3 is 30.2 Å². The van der Waals surface area contributed by atoms with Crippen molar-refractivity contribution < 1.29 is 14.3 Å². The van der Waals surface area contributed by atoms with Gasteiger partial charge in [-0.1, -0.05) is 18.2 Å². The Morgan fingerprint density at radius 3 is 2.71 bits per heavy atom. The van der Waals surface area contributed by atoms with Gasteiger partial charge in [0.2, 0.25) is 5.91 Å². The third kappa shape index (κ3) is 7.23. The van der Waals surface area contributed by atoms with Crippen molar-refractivity contribution >= 4 is 28.7 Å². The summed E-state index contributed by atoms with van der Waals surface area (Å²) >= 11 is 0. The Morgan fingerprint density at radius 2 is 1.88 bits per heavy atom. The number of nitrogens with one attached hydrogen (secondary N) is 1. The molecule has 5 rings (SSSR count). The van der Waals surface area contributed by atoms with Crippen LogP contribution in [0, 0.1) is 0 Å². The number of fused-ring (bicyclic) bond motifs is 1.